The van der Waals surface area contributed by atoms with Gasteiger partial charge < -0.3 is 11.5 Å². The molecule has 118 valence electrons. The quantitative estimate of drug-likeness (QED) is 0.335. The van der Waals surface area contributed by atoms with E-state index in [1.165, 1.54) is 11.8 Å². The van der Waals surface area contributed by atoms with Crippen molar-refractivity contribution in [2.45, 2.75) is 24.2 Å². The highest BCUT2D eigenvalue weighted by molar-refractivity contribution is 8.00. The summed E-state index contributed by atoms with van der Waals surface area (Å²) in [6.07, 6.45) is 1.49. The predicted octanol–water partition coefficient (Wildman–Crippen LogP) is 0.936. The lowest BCUT2D eigenvalue weighted by molar-refractivity contribution is -0.118. The number of amides is 1. The second kappa shape index (κ2) is 8.91. The number of primary amides is 1. The molecule has 0 saturated carbocycles. The molecule has 0 radical (unpaired) electrons. The molecule has 1 aromatic carbocycles. The smallest absolute Gasteiger partial charge is 0.217 e. The summed E-state index contributed by atoms with van der Waals surface area (Å²) < 4.78 is 26.0. The number of carbonyl (C=O) groups is 1. The minimum Gasteiger partial charge on any atom is -0.399 e. The summed E-state index contributed by atoms with van der Waals surface area (Å²) in [4.78, 5) is 11.5. The first-order valence-corrected chi connectivity index (χ1v) is 9.27. The van der Waals surface area contributed by atoms with E-state index in [-0.39, 0.29) is 18.1 Å². The predicted molar refractivity (Wildman–Crippen MR) is 86.4 cm³/mol. The largest absolute Gasteiger partial charge is 0.399 e. The van der Waals surface area contributed by atoms with Gasteiger partial charge in [-0.25, -0.2) is 13.1 Å². The molecule has 1 aromatic rings. The Bertz CT molecular complexity index is 544. The van der Waals surface area contributed by atoms with Crippen molar-refractivity contribution in [3.63, 3.8) is 0 Å². The second-order valence-electron chi connectivity index (χ2n) is 4.55. The third kappa shape index (κ3) is 8.59. The first-order valence-electron chi connectivity index (χ1n) is 6.63. The standard InChI is InChI=1S/C13H21N3O3S2/c14-11-4-6-12(7-5-11)20-9-10-21(18,19)16-8-2-1-3-13(15)17/h4-7,16H,1-3,8-10,14H2,(H2,15,17). The Balaban J connectivity index is 2.20. The molecular weight excluding hydrogens is 310 g/mol. The minimum absolute atomic E-state index is 0.0534. The molecule has 0 aliphatic heterocycles. The van der Waals surface area contributed by atoms with E-state index < -0.39 is 10.0 Å². The van der Waals surface area contributed by atoms with Crippen LogP contribution < -0.4 is 16.2 Å². The van der Waals surface area contributed by atoms with Crippen molar-refractivity contribution in [1.82, 2.24) is 4.72 Å². The summed E-state index contributed by atoms with van der Waals surface area (Å²) >= 11 is 1.47. The molecule has 0 heterocycles. The zero-order chi connectivity index (χ0) is 15.7. The van der Waals surface area contributed by atoms with Crippen molar-refractivity contribution in [3.8, 4) is 0 Å². The number of benzene rings is 1. The van der Waals surface area contributed by atoms with Gasteiger partial charge in [0, 0.05) is 29.3 Å². The molecule has 0 unspecified atom stereocenters. The molecule has 0 aromatic heterocycles. The maximum absolute atomic E-state index is 11.7. The Morgan fingerprint density at radius 2 is 1.86 bits per heavy atom. The minimum atomic E-state index is -3.27. The lowest BCUT2D eigenvalue weighted by Gasteiger charge is -2.06. The molecule has 0 saturated heterocycles. The average molecular weight is 331 g/mol. The van der Waals surface area contributed by atoms with Crippen LogP contribution in [-0.2, 0) is 14.8 Å². The number of sulfonamides is 1. The molecule has 0 bridgehead atoms. The van der Waals surface area contributed by atoms with Crippen LogP contribution in [0.15, 0.2) is 29.2 Å². The van der Waals surface area contributed by atoms with Crippen molar-refractivity contribution in [2.75, 3.05) is 23.8 Å². The molecule has 0 fully saturated rings. The molecular formula is C13H21N3O3S2. The molecule has 1 rings (SSSR count). The molecule has 0 aliphatic rings. The van der Waals surface area contributed by atoms with Gasteiger partial charge in [0.15, 0.2) is 0 Å². The van der Waals surface area contributed by atoms with Crippen LogP contribution in [0.5, 0.6) is 0 Å². The maximum atomic E-state index is 11.7. The number of anilines is 1. The SMILES string of the molecule is NC(=O)CCCCNS(=O)(=O)CCSc1ccc(N)cc1. The number of nitrogen functional groups attached to an aromatic ring is 1. The van der Waals surface area contributed by atoms with Crippen LogP contribution in [0.3, 0.4) is 0 Å². The van der Waals surface area contributed by atoms with Crippen LogP contribution in [0.4, 0.5) is 5.69 Å². The zero-order valence-electron chi connectivity index (χ0n) is 11.7. The van der Waals surface area contributed by atoms with Crippen LogP contribution in [0.2, 0.25) is 0 Å². The lowest BCUT2D eigenvalue weighted by Crippen LogP contribution is -2.28. The van der Waals surface area contributed by atoms with E-state index in [1.54, 1.807) is 12.1 Å². The van der Waals surface area contributed by atoms with Gasteiger partial charge in [-0.05, 0) is 37.1 Å². The number of rotatable bonds is 10. The molecule has 0 spiro atoms. The third-order valence-electron chi connectivity index (χ3n) is 2.67. The van der Waals surface area contributed by atoms with E-state index in [1.807, 2.05) is 12.1 Å². The van der Waals surface area contributed by atoms with Crippen molar-refractivity contribution < 1.29 is 13.2 Å². The van der Waals surface area contributed by atoms with Crippen molar-refractivity contribution in [1.29, 1.82) is 0 Å². The van der Waals surface area contributed by atoms with Gasteiger partial charge in [0.25, 0.3) is 0 Å². The molecule has 21 heavy (non-hydrogen) atoms. The zero-order valence-corrected chi connectivity index (χ0v) is 13.4. The summed E-state index contributed by atoms with van der Waals surface area (Å²) in [6, 6.07) is 7.30. The lowest BCUT2D eigenvalue weighted by atomic mass is 10.2. The Labute approximate surface area is 129 Å². The van der Waals surface area contributed by atoms with E-state index in [2.05, 4.69) is 4.72 Å². The molecule has 0 atom stereocenters. The van der Waals surface area contributed by atoms with Gasteiger partial charge in [-0.3, -0.25) is 4.79 Å². The Kier molecular flexibility index (Phi) is 7.55. The summed E-state index contributed by atoms with van der Waals surface area (Å²) in [7, 11) is -3.27. The van der Waals surface area contributed by atoms with Crippen LogP contribution in [0, 0.1) is 0 Å². The molecule has 8 heteroatoms. The maximum Gasteiger partial charge on any atom is 0.217 e. The van der Waals surface area contributed by atoms with E-state index in [0.29, 0.717) is 30.8 Å². The van der Waals surface area contributed by atoms with Gasteiger partial charge in [0.1, 0.15) is 0 Å². The van der Waals surface area contributed by atoms with Crippen LogP contribution in [0.25, 0.3) is 0 Å². The highest BCUT2D eigenvalue weighted by atomic mass is 32.2. The van der Waals surface area contributed by atoms with Gasteiger partial charge in [0.05, 0.1) is 5.75 Å². The molecule has 1 amide bonds. The average Bonchev–Trinajstić information content (AvgIpc) is 2.40. The summed E-state index contributed by atoms with van der Waals surface area (Å²) in [6.45, 7) is 0.335. The highest BCUT2D eigenvalue weighted by Gasteiger charge is 2.09. The van der Waals surface area contributed by atoms with E-state index in [0.717, 1.165) is 4.90 Å². The van der Waals surface area contributed by atoms with Crippen LogP contribution in [-0.4, -0.2) is 32.4 Å². The normalized spacial score (nSPS) is 11.4. The number of nitrogens with two attached hydrogens (primary N) is 2. The van der Waals surface area contributed by atoms with Gasteiger partial charge in [-0.1, -0.05) is 0 Å². The number of thioether (sulfide) groups is 1. The molecule has 5 N–H and O–H groups in total. The number of carbonyl (C=O) groups excluding carboxylic acids is 1. The Morgan fingerprint density at radius 1 is 1.19 bits per heavy atom. The first kappa shape index (κ1) is 17.8. The van der Waals surface area contributed by atoms with Gasteiger partial charge in [-0.15, -0.1) is 11.8 Å². The number of nitrogens with one attached hydrogen (secondary N) is 1. The van der Waals surface area contributed by atoms with E-state index in [4.69, 9.17) is 11.5 Å². The van der Waals surface area contributed by atoms with Crippen LogP contribution in [0.1, 0.15) is 19.3 Å². The topological polar surface area (TPSA) is 115 Å². The number of hydrogen-bond donors (Lipinski definition) is 3. The number of hydrogen-bond acceptors (Lipinski definition) is 5. The van der Waals surface area contributed by atoms with Crippen molar-refractivity contribution >= 4 is 33.4 Å². The Morgan fingerprint density at radius 3 is 2.48 bits per heavy atom. The van der Waals surface area contributed by atoms with Crippen molar-refractivity contribution in [3.05, 3.63) is 24.3 Å². The van der Waals surface area contributed by atoms with E-state index in [9.17, 15) is 13.2 Å². The highest BCUT2D eigenvalue weighted by Crippen LogP contribution is 2.19. The summed E-state index contributed by atoms with van der Waals surface area (Å²) in [5.41, 5.74) is 11.3. The van der Waals surface area contributed by atoms with E-state index >= 15 is 0 Å². The fourth-order valence-electron chi connectivity index (χ4n) is 1.56. The fourth-order valence-corrected chi connectivity index (χ4v) is 3.93. The fraction of sp³-hybridized carbons (Fsp3) is 0.462. The van der Waals surface area contributed by atoms with Crippen molar-refractivity contribution in [2.24, 2.45) is 5.73 Å². The summed E-state index contributed by atoms with van der Waals surface area (Å²) in [5, 5.41) is 0. The third-order valence-corrected chi connectivity index (χ3v) is 5.33. The number of unbranched alkanes of at least 4 members (excludes halogenated alkanes) is 1. The monoisotopic (exact) mass is 331 g/mol. The van der Waals surface area contributed by atoms with Gasteiger partial charge in [0.2, 0.25) is 15.9 Å². The first-order chi connectivity index (χ1) is 9.89. The van der Waals surface area contributed by atoms with Gasteiger partial charge in [-0.2, -0.15) is 0 Å². The Hall–Kier alpha value is -1.25. The second-order valence-corrected chi connectivity index (χ2v) is 7.65. The molecule has 0 aliphatic carbocycles. The van der Waals surface area contributed by atoms with Crippen LogP contribution >= 0.6 is 11.8 Å². The summed E-state index contributed by atoms with van der Waals surface area (Å²) in [5.74, 6) is 0.163. The van der Waals surface area contributed by atoms with Gasteiger partial charge >= 0.3 is 0 Å². The molecule has 6 nitrogen and oxygen atoms in total.